The average molecular weight is 354 g/mol. The van der Waals surface area contributed by atoms with Crippen LogP contribution in [0.3, 0.4) is 0 Å². The van der Waals surface area contributed by atoms with Gasteiger partial charge in [0.2, 0.25) is 0 Å². The molecule has 0 amide bonds. The van der Waals surface area contributed by atoms with Gasteiger partial charge in [-0.25, -0.2) is 9.98 Å². The van der Waals surface area contributed by atoms with E-state index in [1.165, 1.54) is 11.1 Å². The molecule has 2 aromatic rings. The predicted molar refractivity (Wildman–Crippen MR) is 107 cm³/mol. The molecule has 0 radical (unpaired) electrons. The van der Waals surface area contributed by atoms with Crippen LogP contribution >= 0.6 is 0 Å². The fourth-order valence-electron chi connectivity index (χ4n) is 3.38. The first-order valence-corrected chi connectivity index (χ1v) is 9.43. The van der Waals surface area contributed by atoms with Crippen LogP contribution in [0.4, 0.5) is 0 Å². The van der Waals surface area contributed by atoms with E-state index in [1.807, 2.05) is 18.7 Å². The molecule has 5 nitrogen and oxygen atoms in total. The van der Waals surface area contributed by atoms with Gasteiger partial charge in [-0.1, -0.05) is 38.1 Å². The first-order valence-electron chi connectivity index (χ1n) is 9.43. The smallest absolute Gasteiger partial charge is 0.194 e. The topological polar surface area (TPSA) is 45.5 Å². The van der Waals surface area contributed by atoms with Crippen molar-refractivity contribution in [3.8, 4) is 0 Å². The lowest BCUT2D eigenvalue weighted by atomic mass is 9.65. The minimum Gasteiger partial charge on any atom is -0.356 e. The highest BCUT2D eigenvalue weighted by Crippen LogP contribution is 2.46. The molecule has 3 rings (SSSR count). The maximum atomic E-state index is 4.92. The van der Waals surface area contributed by atoms with E-state index in [1.54, 1.807) is 0 Å². The molecule has 5 heteroatoms. The van der Waals surface area contributed by atoms with Crippen LogP contribution in [0.1, 0.15) is 45.7 Å². The molecule has 0 bridgehead atoms. The van der Waals surface area contributed by atoms with Gasteiger partial charge in [0.15, 0.2) is 5.96 Å². The van der Waals surface area contributed by atoms with Gasteiger partial charge in [0.1, 0.15) is 0 Å². The molecule has 0 spiro atoms. The Labute approximate surface area is 157 Å². The lowest BCUT2D eigenvalue weighted by molar-refractivity contribution is -0.0667. The van der Waals surface area contributed by atoms with E-state index in [0.717, 1.165) is 25.6 Å². The van der Waals surface area contributed by atoms with Crippen molar-refractivity contribution in [1.82, 2.24) is 19.8 Å². The maximum absolute atomic E-state index is 4.92. The van der Waals surface area contributed by atoms with Crippen LogP contribution in [-0.2, 0) is 13.1 Å². The lowest BCUT2D eigenvalue weighted by Gasteiger charge is -2.62. The zero-order chi connectivity index (χ0) is 18.8. The van der Waals surface area contributed by atoms with Crippen LogP contribution < -0.4 is 5.32 Å². The Kier molecular flexibility index (Phi) is 5.08. The third-order valence-electron chi connectivity index (χ3n) is 5.80. The molecule has 1 saturated heterocycles. The quantitative estimate of drug-likeness (QED) is 0.661. The Balaban J connectivity index is 1.72. The molecule has 1 aliphatic rings. The summed E-state index contributed by atoms with van der Waals surface area (Å²) in [6, 6.07) is 8.65. The SMILES string of the molecule is CCNC(=NCc1cccc(Cn2ccnc2)c1)N1CC(C)(C)C1(C)C. The summed E-state index contributed by atoms with van der Waals surface area (Å²) in [4.78, 5) is 11.4. The maximum Gasteiger partial charge on any atom is 0.194 e. The summed E-state index contributed by atoms with van der Waals surface area (Å²) < 4.78 is 2.08. The van der Waals surface area contributed by atoms with E-state index in [9.17, 15) is 0 Å². The molecule has 1 aliphatic heterocycles. The van der Waals surface area contributed by atoms with Crippen molar-refractivity contribution < 1.29 is 0 Å². The van der Waals surface area contributed by atoms with Crippen molar-refractivity contribution in [3.05, 3.63) is 54.1 Å². The Morgan fingerprint density at radius 3 is 2.62 bits per heavy atom. The number of likely N-dealkylation sites (tertiary alicyclic amines) is 1. The second-order valence-electron chi connectivity index (χ2n) is 8.25. The van der Waals surface area contributed by atoms with Crippen LogP contribution in [0.25, 0.3) is 0 Å². The summed E-state index contributed by atoms with van der Waals surface area (Å²) >= 11 is 0. The van der Waals surface area contributed by atoms with Gasteiger partial charge in [0.25, 0.3) is 0 Å². The Hall–Kier alpha value is -2.30. The summed E-state index contributed by atoms with van der Waals surface area (Å²) in [5, 5.41) is 3.46. The van der Waals surface area contributed by atoms with Crippen LogP contribution in [0.15, 0.2) is 48.0 Å². The Bertz CT molecular complexity index is 758. The number of rotatable bonds is 5. The van der Waals surface area contributed by atoms with Crippen molar-refractivity contribution in [1.29, 1.82) is 0 Å². The second-order valence-corrected chi connectivity index (χ2v) is 8.25. The molecule has 0 atom stereocenters. The van der Waals surface area contributed by atoms with Crippen LogP contribution in [0.5, 0.6) is 0 Å². The number of nitrogens with zero attached hydrogens (tertiary/aromatic N) is 4. The molecule has 1 aromatic heterocycles. The van der Waals surface area contributed by atoms with Crippen molar-refractivity contribution >= 4 is 5.96 Å². The van der Waals surface area contributed by atoms with Gasteiger partial charge in [0, 0.05) is 43.0 Å². The first-order chi connectivity index (χ1) is 12.3. The van der Waals surface area contributed by atoms with Gasteiger partial charge >= 0.3 is 0 Å². The number of nitrogens with one attached hydrogen (secondary N) is 1. The van der Waals surface area contributed by atoms with Crippen molar-refractivity contribution in [3.63, 3.8) is 0 Å². The highest BCUT2D eigenvalue weighted by atomic mass is 15.4. The van der Waals surface area contributed by atoms with Gasteiger partial charge in [-0.3, -0.25) is 0 Å². The molecule has 140 valence electrons. The van der Waals surface area contributed by atoms with Crippen molar-refractivity contribution in [2.45, 2.75) is 53.2 Å². The predicted octanol–water partition coefficient (Wildman–Crippen LogP) is 3.52. The monoisotopic (exact) mass is 353 g/mol. The molecule has 1 fully saturated rings. The molecule has 2 heterocycles. The first kappa shape index (κ1) is 18.5. The van der Waals surface area contributed by atoms with Gasteiger partial charge < -0.3 is 14.8 Å². The number of hydrogen-bond acceptors (Lipinski definition) is 2. The van der Waals surface area contributed by atoms with Crippen LogP contribution in [-0.4, -0.2) is 39.0 Å². The Morgan fingerprint density at radius 2 is 2.00 bits per heavy atom. The molecule has 0 aliphatic carbocycles. The normalized spacial score (nSPS) is 18.5. The zero-order valence-corrected chi connectivity index (χ0v) is 16.7. The Morgan fingerprint density at radius 1 is 1.23 bits per heavy atom. The molecular formula is C21H31N5. The molecule has 0 saturated carbocycles. The van der Waals surface area contributed by atoms with Crippen molar-refractivity contribution in [2.75, 3.05) is 13.1 Å². The summed E-state index contributed by atoms with van der Waals surface area (Å²) in [5.41, 5.74) is 2.91. The average Bonchev–Trinajstić information content (AvgIpc) is 3.10. The van der Waals surface area contributed by atoms with Gasteiger partial charge in [-0.15, -0.1) is 0 Å². The number of aliphatic imine (C=N–C) groups is 1. The van der Waals surface area contributed by atoms with Gasteiger partial charge in [-0.05, 0) is 31.9 Å². The summed E-state index contributed by atoms with van der Waals surface area (Å²) in [7, 11) is 0. The molecule has 1 N–H and O–H groups in total. The fourth-order valence-corrected chi connectivity index (χ4v) is 3.38. The number of benzene rings is 1. The molecule has 0 unspecified atom stereocenters. The fraction of sp³-hybridized carbons (Fsp3) is 0.524. The standard InChI is InChI=1S/C21H31N5/c1-6-23-19(26-15-20(2,3)21(26,4)5)24-13-17-8-7-9-18(12-17)14-25-11-10-22-16-25/h7-12,16H,6,13-15H2,1-5H3,(H,23,24). The van der Waals surface area contributed by atoms with E-state index in [-0.39, 0.29) is 5.54 Å². The number of aromatic nitrogens is 2. The van der Waals surface area contributed by atoms with E-state index in [4.69, 9.17) is 4.99 Å². The minimum absolute atomic E-state index is 0.108. The van der Waals surface area contributed by atoms with E-state index in [0.29, 0.717) is 12.0 Å². The molecule has 26 heavy (non-hydrogen) atoms. The van der Waals surface area contributed by atoms with E-state index < -0.39 is 0 Å². The van der Waals surface area contributed by atoms with Gasteiger partial charge in [-0.2, -0.15) is 0 Å². The largest absolute Gasteiger partial charge is 0.356 e. The number of imidazole rings is 1. The summed E-state index contributed by atoms with van der Waals surface area (Å²) in [6.07, 6.45) is 5.65. The third-order valence-corrected chi connectivity index (χ3v) is 5.80. The third kappa shape index (κ3) is 3.62. The highest BCUT2D eigenvalue weighted by Gasteiger charge is 2.53. The van der Waals surface area contributed by atoms with E-state index in [2.05, 4.69) is 78.7 Å². The molecule has 1 aromatic carbocycles. The van der Waals surface area contributed by atoms with Gasteiger partial charge in [0.05, 0.1) is 12.9 Å². The lowest BCUT2D eigenvalue weighted by Crippen LogP contribution is -2.72. The van der Waals surface area contributed by atoms with Crippen molar-refractivity contribution in [2.24, 2.45) is 10.4 Å². The van der Waals surface area contributed by atoms with Crippen LogP contribution in [0.2, 0.25) is 0 Å². The van der Waals surface area contributed by atoms with Crippen LogP contribution in [0, 0.1) is 5.41 Å². The summed E-state index contributed by atoms with van der Waals surface area (Å²) in [5.74, 6) is 1.01. The molecular weight excluding hydrogens is 322 g/mol. The summed E-state index contributed by atoms with van der Waals surface area (Å²) in [6.45, 7) is 14.8. The number of hydrogen-bond donors (Lipinski definition) is 1. The second kappa shape index (κ2) is 7.14. The van der Waals surface area contributed by atoms with E-state index >= 15 is 0 Å². The zero-order valence-electron chi connectivity index (χ0n) is 16.7. The number of guanidine groups is 1. The minimum atomic E-state index is 0.108. The highest BCUT2D eigenvalue weighted by molar-refractivity contribution is 5.82.